The van der Waals surface area contributed by atoms with Crippen molar-refractivity contribution in [2.75, 3.05) is 26.1 Å². The van der Waals surface area contributed by atoms with E-state index < -0.39 is 0 Å². The van der Waals surface area contributed by atoms with Crippen molar-refractivity contribution >= 4 is 17.3 Å². The van der Waals surface area contributed by atoms with Crippen LogP contribution in [0.5, 0.6) is 5.75 Å². The molecule has 0 unspecified atom stereocenters. The number of benzene rings is 1. The van der Waals surface area contributed by atoms with Gasteiger partial charge in [0.05, 0.1) is 12.8 Å². The Bertz CT molecular complexity index is 273. The fraction of sp³-hybridized carbons (Fsp3) is 0.333. The highest BCUT2D eigenvalue weighted by Gasteiger charge is 2.06. The van der Waals surface area contributed by atoms with Crippen LogP contribution in [0, 0.1) is 0 Å². The maximum atomic E-state index is 6.04. The van der Waals surface area contributed by atoms with E-state index in [4.69, 9.17) is 16.3 Å². The number of methoxy groups -OCH3 is 1. The van der Waals surface area contributed by atoms with Crippen LogP contribution >= 0.6 is 11.6 Å². The Morgan fingerprint density at radius 2 is 2.00 bits per heavy atom. The lowest BCUT2D eigenvalue weighted by molar-refractivity contribution is 0.415. The van der Waals surface area contributed by atoms with Gasteiger partial charge in [0.15, 0.2) is 0 Å². The summed E-state index contributed by atoms with van der Waals surface area (Å²) in [5.74, 6) is 0.711. The molecule has 0 aliphatic heterocycles. The van der Waals surface area contributed by atoms with Crippen LogP contribution in [0.2, 0.25) is 5.02 Å². The molecule has 1 aromatic carbocycles. The molecule has 0 N–H and O–H groups in total. The number of rotatable bonds is 2. The van der Waals surface area contributed by atoms with E-state index in [2.05, 4.69) is 0 Å². The van der Waals surface area contributed by atoms with Crippen molar-refractivity contribution in [3.05, 3.63) is 23.2 Å². The van der Waals surface area contributed by atoms with Crippen molar-refractivity contribution in [2.45, 2.75) is 0 Å². The molecule has 2 nitrogen and oxygen atoms in total. The lowest BCUT2D eigenvalue weighted by Crippen LogP contribution is -2.09. The molecule has 0 heterocycles. The molecule has 0 fully saturated rings. The zero-order valence-electron chi connectivity index (χ0n) is 7.47. The number of anilines is 1. The molecule has 66 valence electrons. The predicted molar refractivity (Wildman–Crippen MR) is 52.3 cm³/mol. The fourth-order valence-electron chi connectivity index (χ4n) is 1.00. The molecule has 0 atom stereocenters. The molecule has 0 radical (unpaired) electrons. The van der Waals surface area contributed by atoms with Crippen molar-refractivity contribution in [1.82, 2.24) is 0 Å². The third kappa shape index (κ3) is 1.64. The molecule has 0 aliphatic rings. The number of hydrogen-bond acceptors (Lipinski definition) is 2. The lowest BCUT2D eigenvalue weighted by Gasteiger charge is -2.15. The summed E-state index contributed by atoms with van der Waals surface area (Å²) in [5.41, 5.74) is 0.969. The van der Waals surface area contributed by atoms with E-state index in [1.807, 2.05) is 37.2 Å². The van der Waals surface area contributed by atoms with Crippen LogP contribution < -0.4 is 9.64 Å². The molecule has 1 aromatic rings. The molecular formula is C9H12ClNO. The van der Waals surface area contributed by atoms with E-state index in [-0.39, 0.29) is 0 Å². The average molecular weight is 186 g/mol. The zero-order valence-corrected chi connectivity index (χ0v) is 8.22. The summed E-state index contributed by atoms with van der Waals surface area (Å²) >= 11 is 6.04. The number of halogens is 1. The highest BCUT2D eigenvalue weighted by molar-refractivity contribution is 6.34. The summed E-state index contributed by atoms with van der Waals surface area (Å²) in [6.07, 6.45) is 0. The minimum atomic E-state index is 0.657. The second-order valence-corrected chi connectivity index (χ2v) is 3.07. The molecule has 0 bridgehead atoms. The van der Waals surface area contributed by atoms with Gasteiger partial charge in [-0.25, -0.2) is 0 Å². The first-order valence-corrected chi connectivity index (χ1v) is 4.04. The van der Waals surface area contributed by atoms with Gasteiger partial charge in [0.2, 0.25) is 0 Å². The third-order valence-electron chi connectivity index (χ3n) is 1.64. The SMILES string of the molecule is COc1cccc(N(C)C)c1Cl. The minimum Gasteiger partial charge on any atom is -0.495 e. The summed E-state index contributed by atoms with van der Waals surface area (Å²) in [6.45, 7) is 0. The quantitative estimate of drug-likeness (QED) is 0.702. The van der Waals surface area contributed by atoms with Gasteiger partial charge in [0.1, 0.15) is 10.8 Å². The predicted octanol–water partition coefficient (Wildman–Crippen LogP) is 2.41. The van der Waals surface area contributed by atoms with Crippen LogP contribution in [0.25, 0.3) is 0 Å². The van der Waals surface area contributed by atoms with Crippen molar-refractivity contribution in [1.29, 1.82) is 0 Å². The zero-order chi connectivity index (χ0) is 9.14. The number of ether oxygens (including phenoxy) is 1. The average Bonchev–Trinajstić information content (AvgIpc) is 2.04. The van der Waals surface area contributed by atoms with Gasteiger partial charge in [-0.2, -0.15) is 0 Å². The van der Waals surface area contributed by atoms with Crippen molar-refractivity contribution < 1.29 is 4.74 Å². The molecule has 3 heteroatoms. The standard InChI is InChI=1S/C9H12ClNO/c1-11(2)7-5-4-6-8(12-3)9(7)10/h4-6H,1-3H3. The molecule has 0 saturated carbocycles. The fourth-order valence-corrected chi connectivity index (χ4v) is 1.37. The first-order chi connectivity index (χ1) is 5.66. The summed E-state index contributed by atoms with van der Waals surface area (Å²) in [6, 6.07) is 5.71. The summed E-state index contributed by atoms with van der Waals surface area (Å²) in [5, 5.41) is 0.657. The van der Waals surface area contributed by atoms with E-state index >= 15 is 0 Å². The van der Waals surface area contributed by atoms with Gasteiger partial charge in [-0.15, -0.1) is 0 Å². The Hall–Kier alpha value is -0.890. The van der Waals surface area contributed by atoms with E-state index in [1.54, 1.807) is 7.11 Å². The highest BCUT2D eigenvalue weighted by Crippen LogP contribution is 2.32. The van der Waals surface area contributed by atoms with Gasteiger partial charge in [-0.1, -0.05) is 17.7 Å². The summed E-state index contributed by atoms with van der Waals surface area (Å²) in [7, 11) is 5.50. The maximum absolute atomic E-state index is 6.04. The van der Waals surface area contributed by atoms with E-state index in [0.717, 1.165) is 5.69 Å². The third-order valence-corrected chi connectivity index (χ3v) is 2.02. The second-order valence-electron chi connectivity index (χ2n) is 2.69. The number of hydrogen-bond donors (Lipinski definition) is 0. The molecule has 0 saturated heterocycles. The van der Waals surface area contributed by atoms with Gasteiger partial charge in [0, 0.05) is 14.1 Å². The Balaban J connectivity index is 3.14. The van der Waals surface area contributed by atoms with Crippen LogP contribution in [0.4, 0.5) is 5.69 Å². The highest BCUT2D eigenvalue weighted by atomic mass is 35.5. The molecule has 0 spiro atoms. The van der Waals surface area contributed by atoms with E-state index in [9.17, 15) is 0 Å². The van der Waals surface area contributed by atoms with Crippen LogP contribution in [0.3, 0.4) is 0 Å². The normalized spacial score (nSPS) is 9.67. The van der Waals surface area contributed by atoms with Crippen molar-refractivity contribution in [3.8, 4) is 5.75 Å². The molecule has 0 amide bonds. The van der Waals surface area contributed by atoms with Gasteiger partial charge in [-0.05, 0) is 12.1 Å². The summed E-state index contributed by atoms with van der Waals surface area (Å²) in [4.78, 5) is 1.95. The van der Waals surface area contributed by atoms with Gasteiger partial charge in [0.25, 0.3) is 0 Å². The molecule has 1 rings (SSSR count). The van der Waals surface area contributed by atoms with Crippen molar-refractivity contribution in [2.24, 2.45) is 0 Å². The molecule has 12 heavy (non-hydrogen) atoms. The second kappa shape index (κ2) is 3.68. The Morgan fingerprint density at radius 1 is 1.33 bits per heavy atom. The van der Waals surface area contributed by atoms with Crippen molar-refractivity contribution in [3.63, 3.8) is 0 Å². The topological polar surface area (TPSA) is 12.5 Å². The maximum Gasteiger partial charge on any atom is 0.139 e. The lowest BCUT2D eigenvalue weighted by atomic mass is 10.3. The molecule has 0 aliphatic carbocycles. The number of nitrogens with zero attached hydrogens (tertiary/aromatic N) is 1. The van der Waals surface area contributed by atoms with Crippen LogP contribution in [-0.4, -0.2) is 21.2 Å². The first-order valence-electron chi connectivity index (χ1n) is 3.66. The molecule has 0 aromatic heterocycles. The van der Waals surface area contributed by atoms with Gasteiger partial charge < -0.3 is 9.64 Å². The Kier molecular flexibility index (Phi) is 2.82. The van der Waals surface area contributed by atoms with Crippen LogP contribution in [-0.2, 0) is 0 Å². The van der Waals surface area contributed by atoms with Gasteiger partial charge in [-0.3, -0.25) is 0 Å². The molecular weight excluding hydrogens is 174 g/mol. The monoisotopic (exact) mass is 185 g/mol. The Labute approximate surface area is 77.7 Å². The first kappa shape index (κ1) is 9.20. The van der Waals surface area contributed by atoms with Gasteiger partial charge >= 0.3 is 0 Å². The van der Waals surface area contributed by atoms with Crippen LogP contribution in [0.15, 0.2) is 18.2 Å². The Morgan fingerprint density at radius 3 is 2.50 bits per heavy atom. The minimum absolute atomic E-state index is 0.657. The largest absolute Gasteiger partial charge is 0.495 e. The summed E-state index contributed by atoms with van der Waals surface area (Å²) < 4.78 is 5.08. The van der Waals surface area contributed by atoms with Crippen LogP contribution in [0.1, 0.15) is 0 Å². The smallest absolute Gasteiger partial charge is 0.139 e. The van der Waals surface area contributed by atoms with E-state index in [0.29, 0.717) is 10.8 Å². The van der Waals surface area contributed by atoms with E-state index in [1.165, 1.54) is 0 Å².